The topological polar surface area (TPSA) is 49.4 Å². The Morgan fingerprint density at radius 2 is 1.83 bits per heavy atom. The van der Waals surface area contributed by atoms with Crippen molar-refractivity contribution in [3.63, 3.8) is 0 Å². The Morgan fingerprint density at radius 1 is 1.26 bits per heavy atom. The minimum atomic E-state index is -5.02. The molecule has 2 amide bonds. The van der Waals surface area contributed by atoms with Crippen LogP contribution < -0.4 is 5.32 Å². The molecule has 1 aromatic rings. The molecule has 0 saturated carbocycles. The Hall–Kier alpha value is -2.31. The molecule has 1 N–H and O–H groups in total. The van der Waals surface area contributed by atoms with Gasteiger partial charge in [-0.05, 0) is 12.0 Å². The first-order valence-electron chi connectivity index (χ1n) is 6.93. The fraction of sp³-hybridized carbons (Fsp3) is 0.375. The smallest absolute Gasteiger partial charge is 0.348 e. The Labute approximate surface area is 133 Å². The summed E-state index contributed by atoms with van der Waals surface area (Å²) in [6, 6.07) is 7.00. The number of alkyl halides is 3. The molecule has 23 heavy (non-hydrogen) atoms. The van der Waals surface area contributed by atoms with E-state index in [1.807, 2.05) is 5.32 Å². The molecule has 0 aliphatic carbocycles. The van der Waals surface area contributed by atoms with Crippen molar-refractivity contribution in [2.75, 3.05) is 14.1 Å². The van der Waals surface area contributed by atoms with Gasteiger partial charge in [0, 0.05) is 14.1 Å². The zero-order valence-electron chi connectivity index (χ0n) is 12.9. The fourth-order valence-electron chi connectivity index (χ4n) is 2.19. The number of nitrogens with one attached hydrogen (secondary N) is 1. The van der Waals surface area contributed by atoms with Crippen LogP contribution in [0.1, 0.15) is 18.0 Å². The average Bonchev–Trinajstić information content (AvgIpc) is 2.49. The van der Waals surface area contributed by atoms with Gasteiger partial charge in [0.1, 0.15) is 0 Å². The van der Waals surface area contributed by atoms with Crippen molar-refractivity contribution >= 4 is 11.8 Å². The highest BCUT2D eigenvalue weighted by atomic mass is 19.4. The summed E-state index contributed by atoms with van der Waals surface area (Å²) in [5, 5.41) is 1.93. The zero-order valence-corrected chi connectivity index (χ0v) is 12.9. The lowest BCUT2D eigenvalue weighted by atomic mass is 9.89. The van der Waals surface area contributed by atoms with Gasteiger partial charge in [-0.3, -0.25) is 9.59 Å². The maximum absolute atomic E-state index is 12.6. The van der Waals surface area contributed by atoms with E-state index in [2.05, 4.69) is 6.58 Å². The number of carbonyl (C=O) groups excluding carboxylic acids is 2. The molecule has 1 aromatic carbocycles. The van der Waals surface area contributed by atoms with Crippen molar-refractivity contribution in [3.8, 4) is 0 Å². The van der Waals surface area contributed by atoms with Crippen molar-refractivity contribution in [2.45, 2.75) is 18.6 Å². The summed E-state index contributed by atoms with van der Waals surface area (Å²) in [4.78, 5) is 25.0. The monoisotopic (exact) mass is 328 g/mol. The van der Waals surface area contributed by atoms with E-state index in [-0.39, 0.29) is 12.3 Å². The summed E-state index contributed by atoms with van der Waals surface area (Å²) in [6.45, 7) is 3.54. The number of allylic oxidation sites excluding steroid dienone is 1. The quantitative estimate of drug-likeness (QED) is 0.816. The SMILES string of the molecule is C=CC[C@@H](C(=O)N(C)C)[C@@H](NC(=O)C(F)(F)F)c1ccccc1. The molecule has 4 nitrogen and oxygen atoms in total. The summed E-state index contributed by atoms with van der Waals surface area (Å²) in [7, 11) is 3.01. The van der Waals surface area contributed by atoms with Crippen molar-refractivity contribution in [2.24, 2.45) is 5.92 Å². The molecule has 0 unspecified atom stereocenters. The largest absolute Gasteiger partial charge is 0.471 e. The number of amides is 2. The normalized spacial score (nSPS) is 13.8. The minimum absolute atomic E-state index is 0.134. The van der Waals surface area contributed by atoms with Crippen molar-refractivity contribution < 1.29 is 22.8 Å². The number of hydrogen-bond acceptors (Lipinski definition) is 2. The van der Waals surface area contributed by atoms with Gasteiger partial charge in [-0.1, -0.05) is 36.4 Å². The molecule has 7 heteroatoms. The van der Waals surface area contributed by atoms with E-state index in [0.29, 0.717) is 5.56 Å². The predicted octanol–water partition coefficient (Wildman–Crippen LogP) is 2.69. The maximum Gasteiger partial charge on any atom is 0.471 e. The highest BCUT2D eigenvalue weighted by molar-refractivity contribution is 5.84. The van der Waals surface area contributed by atoms with Crippen LogP contribution in [0.2, 0.25) is 0 Å². The van der Waals surface area contributed by atoms with Crippen LogP contribution in [0.15, 0.2) is 43.0 Å². The molecular formula is C16H19F3N2O2. The molecule has 0 heterocycles. The standard InChI is InChI=1S/C16H19F3N2O2/c1-4-8-12(14(22)21(2)3)13(11-9-6-5-7-10-11)20-15(23)16(17,18)19/h4-7,9-10,12-13H,1,8H2,2-3H3,(H,20,23)/t12-,13+/m1/s1. The second-order valence-corrected chi connectivity index (χ2v) is 5.22. The van der Waals surface area contributed by atoms with Crippen molar-refractivity contribution in [3.05, 3.63) is 48.6 Å². The number of hydrogen-bond donors (Lipinski definition) is 1. The van der Waals surface area contributed by atoms with Crippen LogP contribution in [0.5, 0.6) is 0 Å². The molecule has 2 atom stereocenters. The van der Waals surface area contributed by atoms with Gasteiger partial charge in [-0.2, -0.15) is 13.2 Å². The highest BCUT2D eigenvalue weighted by Crippen LogP contribution is 2.28. The van der Waals surface area contributed by atoms with E-state index in [0.717, 1.165) is 0 Å². The van der Waals surface area contributed by atoms with E-state index in [1.54, 1.807) is 30.3 Å². The molecule has 0 aliphatic rings. The minimum Gasteiger partial charge on any atom is -0.348 e. The van der Waals surface area contributed by atoms with Gasteiger partial charge in [0.2, 0.25) is 5.91 Å². The zero-order chi connectivity index (χ0) is 17.6. The number of benzene rings is 1. The van der Waals surface area contributed by atoms with Crippen LogP contribution in [0.4, 0.5) is 13.2 Å². The van der Waals surface area contributed by atoms with Gasteiger partial charge in [0.15, 0.2) is 0 Å². The van der Waals surface area contributed by atoms with Crippen LogP contribution in [0, 0.1) is 5.92 Å². The third kappa shape index (κ3) is 5.12. The molecule has 0 radical (unpaired) electrons. The van der Waals surface area contributed by atoms with Crippen LogP contribution in [0.3, 0.4) is 0 Å². The van der Waals surface area contributed by atoms with Gasteiger partial charge >= 0.3 is 12.1 Å². The first kappa shape index (κ1) is 18.7. The summed E-state index contributed by atoms with van der Waals surface area (Å²) >= 11 is 0. The molecule has 0 aliphatic heterocycles. The molecular weight excluding hydrogens is 309 g/mol. The van der Waals surface area contributed by atoms with Crippen LogP contribution in [-0.2, 0) is 9.59 Å². The highest BCUT2D eigenvalue weighted by Gasteiger charge is 2.42. The van der Waals surface area contributed by atoms with Crippen molar-refractivity contribution in [1.29, 1.82) is 0 Å². The fourth-order valence-corrected chi connectivity index (χ4v) is 2.19. The molecule has 0 bridgehead atoms. The van der Waals surface area contributed by atoms with Gasteiger partial charge in [-0.15, -0.1) is 6.58 Å². The molecule has 0 spiro atoms. The van der Waals surface area contributed by atoms with Gasteiger partial charge in [0.25, 0.3) is 0 Å². The summed E-state index contributed by atoms with van der Waals surface area (Å²) < 4.78 is 37.8. The van der Waals surface area contributed by atoms with Crippen LogP contribution >= 0.6 is 0 Å². The van der Waals surface area contributed by atoms with Gasteiger partial charge in [-0.25, -0.2) is 0 Å². The lowest BCUT2D eigenvalue weighted by Gasteiger charge is -2.29. The summed E-state index contributed by atoms with van der Waals surface area (Å²) in [5.41, 5.74) is 0.423. The van der Waals surface area contributed by atoms with E-state index < -0.39 is 24.0 Å². The maximum atomic E-state index is 12.6. The number of halogens is 3. The molecule has 0 fully saturated rings. The first-order chi connectivity index (χ1) is 10.7. The molecule has 1 rings (SSSR count). The van der Waals surface area contributed by atoms with Crippen LogP contribution in [0.25, 0.3) is 0 Å². The van der Waals surface area contributed by atoms with E-state index in [9.17, 15) is 22.8 Å². The second kappa shape index (κ2) is 7.80. The Morgan fingerprint density at radius 3 is 2.26 bits per heavy atom. The Bertz CT molecular complexity index is 556. The van der Waals surface area contributed by atoms with E-state index in [1.165, 1.54) is 25.1 Å². The summed E-state index contributed by atoms with van der Waals surface area (Å²) in [5.74, 6) is -3.34. The number of rotatable bonds is 6. The Kier molecular flexibility index (Phi) is 6.36. The third-order valence-corrected chi connectivity index (χ3v) is 3.28. The third-order valence-electron chi connectivity index (χ3n) is 3.28. The van der Waals surface area contributed by atoms with Crippen LogP contribution in [-0.4, -0.2) is 37.0 Å². The van der Waals surface area contributed by atoms with E-state index >= 15 is 0 Å². The average molecular weight is 328 g/mol. The lowest BCUT2D eigenvalue weighted by Crippen LogP contribution is -2.45. The van der Waals surface area contributed by atoms with Gasteiger partial charge in [0.05, 0.1) is 12.0 Å². The predicted molar refractivity (Wildman–Crippen MR) is 80.4 cm³/mol. The molecule has 0 aromatic heterocycles. The molecule has 0 saturated heterocycles. The van der Waals surface area contributed by atoms with E-state index in [4.69, 9.17) is 0 Å². The van der Waals surface area contributed by atoms with Gasteiger partial charge < -0.3 is 10.2 Å². The first-order valence-corrected chi connectivity index (χ1v) is 6.93. The number of carbonyl (C=O) groups is 2. The lowest BCUT2D eigenvalue weighted by molar-refractivity contribution is -0.175. The van der Waals surface area contributed by atoms with Crippen molar-refractivity contribution in [1.82, 2.24) is 10.2 Å². The Balaban J connectivity index is 3.23. The second-order valence-electron chi connectivity index (χ2n) is 5.22. The molecule has 126 valence electrons. The summed E-state index contributed by atoms with van der Waals surface area (Å²) in [6.07, 6.45) is -3.44. The number of nitrogens with zero attached hydrogens (tertiary/aromatic N) is 1.